The third-order valence-electron chi connectivity index (χ3n) is 2.17. The lowest BCUT2D eigenvalue weighted by molar-refractivity contribution is 0.0691. The van der Waals surface area contributed by atoms with Crippen LogP contribution in [-0.2, 0) is 0 Å². The summed E-state index contributed by atoms with van der Waals surface area (Å²) in [5, 5.41) is 16.5. The fraction of sp³-hybridized carbons (Fsp3) is 0.100. The minimum absolute atomic E-state index is 0.0873. The highest BCUT2D eigenvalue weighted by atomic mass is 16.4. The standard InChI is InChI=1S/C10H10N4O2/c1-6-4-2-3-5-7(6)14-12-8(10(15)16)9(11)13-14/h2-5H,1H3,(H2,11,13)(H,15,16). The van der Waals surface area contributed by atoms with Crippen LogP contribution in [-0.4, -0.2) is 26.1 Å². The summed E-state index contributed by atoms with van der Waals surface area (Å²) in [7, 11) is 0. The molecule has 0 bridgehead atoms. The molecule has 1 aromatic carbocycles. The Morgan fingerprint density at radius 1 is 1.38 bits per heavy atom. The van der Waals surface area contributed by atoms with Crippen LogP contribution in [0.1, 0.15) is 16.1 Å². The van der Waals surface area contributed by atoms with Crippen LogP contribution >= 0.6 is 0 Å². The summed E-state index contributed by atoms with van der Waals surface area (Å²) in [4.78, 5) is 12.0. The van der Waals surface area contributed by atoms with E-state index >= 15 is 0 Å². The van der Waals surface area contributed by atoms with Crippen LogP contribution in [0.3, 0.4) is 0 Å². The molecule has 0 unspecified atom stereocenters. The van der Waals surface area contributed by atoms with Crippen molar-refractivity contribution in [2.75, 3.05) is 5.73 Å². The van der Waals surface area contributed by atoms with Gasteiger partial charge in [0.05, 0.1) is 5.69 Å². The summed E-state index contributed by atoms with van der Waals surface area (Å²) < 4.78 is 0. The number of nitrogen functional groups attached to an aromatic ring is 1. The van der Waals surface area contributed by atoms with E-state index in [1.54, 1.807) is 6.07 Å². The normalized spacial score (nSPS) is 10.3. The van der Waals surface area contributed by atoms with Crippen LogP contribution in [0.4, 0.5) is 5.82 Å². The number of rotatable bonds is 2. The van der Waals surface area contributed by atoms with Crippen LogP contribution in [0.5, 0.6) is 0 Å². The molecule has 6 heteroatoms. The molecule has 0 radical (unpaired) electrons. The second kappa shape index (κ2) is 3.65. The molecule has 1 heterocycles. The molecule has 2 aromatic rings. The first-order chi connectivity index (χ1) is 7.59. The van der Waals surface area contributed by atoms with Crippen molar-refractivity contribution in [1.82, 2.24) is 15.0 Å². The lowest BCUT2D eigenvalue weighted by Gasteiger charge is -2.02. The van der Waals surface area contributed by atoms with E-state index in [2.05, 4.69) is 10.2 Å². The van der Waals surface area contributed by atoms with Crippen molar-refractivity contribution in [3.8, 4) is 5.69 Å². The fourth-order valence-electron chi connectivity index (χ4n) is 1.37. The van der Waals surface area contributed by atoms with Crippen LogP contribution < -0.4 is 5.73 Å². The van der Waals surface area contributed by atoms with Gasteiger partial charge in [-0.2, -0.15) is 0 Å². The summed E-state index contributed by atoms with van der Waals surface area (Å²) in [5.74, 6) is -1.27. The minimum Gasteiger partial charge on any atom is -0.476 e. The first-order valence-electron chi connectivity index (χ1n) is 4.61. The number of aromatic carboxylic acids is 1. The average molecular weight is 218 g/mol. The van der Waals surface area contributed by atoms with Gasteiger partial charge in [0.2, 0.25) is 5.69 Å². The Hall–Kier alpha value is -2.37. The van der Waals surface area contributed by atoms with E-state index in [0.29, 0.717) is 5.69 Å². The molecular formula is C10H10N4O2. The Kier molecular flexibility index (Phi) is 2.32. The maximum absolute atomic E-state index is 10.8. The van der Waals surface area contributed by atoms with Crippen LogP contribution in [0.15, 0.2) is 24.3 Å². The molecule has 0 spiro atoms. The molecule has 2 rings (SSSR count). The van der Waals surface area contributed by atoms with Crippen molar-refractivity contribution < 1.29 is 9.90 Å². The van der Waals surface area contributed by atoms with Gasteiger partial charge in [0, 0.05) is 0 Å². The van der Waals surface area contributed by atoms with Gasteiger partial charge in [-0.25, -0.2) is 4.79 Å². The number of aromatic nitrogens is 3. The van der Waals surface area contributed by atoms with Gasteiger partial charge < -0.3 is 10.8 Å². The first-order valence-corrected chi connectivity index (χ1v) is 4.61. The Bertz CT molecular complexity index is 548. The molecule has 6 nitrogen and oxygen atoms in total. The molecule has 0 atom stereocenters. The number of carboxylic acid groups (broad SMARTS) is 1. The number of carboxylic acids is 1. The zero-order chi connectivity index (χ0) is 11.7. The predicted octanol–water partition coefficient (Wildman–Crippen LogP) is 0.856. The second-order valence-electron chi connectivity index (χ2n) is 3.31. The van der Waals surface area contributed by atoms with Gasteiger partial charge >= 0.3 is 5.97 Å². The highest BCUT2D eigenvalue weighted by molar-refractivity contribution is 5.90. The van der Waals surface area contributed by atoms with E-state index in [1.807, 2.05) is 25.1 Å². The lowest BCUT2D eigenvalue weighted by atomic mass is 10.2. The van der Waals surface area contributed by atoms with Gasteiger partial charge in [-0.3, -0.25) is 0 Å². The van der Waals surface area contributed by atoms with Crippen molar-refractivity contribution in [2.24, 2.45) is 0 Å². The van der Waals surface area contributed by atoms with Gasteiger partial charge in [-0.05, 0) is 18.6 Å². The quantitative estimate of drug-likeness (QED) is 0.779. The monoisotopic (exact) mass is 218 g/mol. The molecule has 16 heavy (non-hydrogen) atoms. The summed E-state index contributed by atoms with van der Waals surface area (Å²) in [5.41, 5.74) is 6.87. The topological polar surface area (TPSA) is 94.0 Å². The van der Waals surface area contributed by atoms with Gasteiger partial charge in [-0.15, -0.1) is 15.0 Å². The maximum Gasteiger partial charge on any atom is 0.360 e. The number of carbonyl (C=O) groups is 1. The van der Waals surface area contributed by atoms with E-state index < -0.39 is 5.97 Å². The Labute approximate surface area is 91.3 Å². The fourth-order valence-corrected chi connectivity index (χ4v) is 1.37. The zero-order valence-electron chi connectivity index (χ0n) is 8.58. The SMILES string of the molecule is Cc1ccccc1-n1nc(N)c(C(=O)O)n1. The third kappa shape index (κ3) is 1.60. The first kappa shape index (κ1) is 10.2. The van der Waals surface area contributed by atoms with Crippen molar-refractivity contribution >= 4 is 11.8 Å². The Balaban J connectivity index is 2.54. The summed E-state index contributed by atoms with van der Waals surface area (Å²) in [6.45, 7) is 1.88. The van der Waals surface area contributed by atoms with Crippen molar-refractivity contribution in [1.29, 1.82) is 0 Å². The van der Waals surface area contributed by atoms with Crippen LogP contribution in [0, 0.1) is 6.92 Å². The van der Waals surface area contributed by atoms with Crippen LogP contribution in [0.2, 0.25) is 0 Å². The molecule has 82 valence electrons. The highest BCUT2D eigenvalue weighted by Gasteiger charge is 2.16. The summed E-state index contributed by atoms with van der Waals surface area (Å²) in [6.07, 6.45) is 0. The minimum atomic E-state index is -1.18. The maximum atomic E-state index is 10.8. The number of hydrogen-bond donors (Lipinski definition) is 2. The molecule has 0 aliphatic rings. The van der Waals surface area contributed by atoms with E-state index in [9.17, 15) is 4.79 Å². The van der Waals surface area contributed by atoms with Gasteiger partial charge in [0.15, 0.2) is 5.82 Å². The number of para-hydroxylation sites is 1. The van der Waals surface area contributed by atoms with Crippen molar-refractivity contribution in [3.63, 3.8) is 0 Å². The molecular weight excluding hydrogens is 208 g/mol. The lowest BCUT2D eigenvalue weighted by Crippen LogP contribution is -2.03. The summed E-state index contributed by atoms with van der Waals surface area (Å²) in [6, 6.07) is 7.38. The largest absolute Gasteiger partial charge is 0.476 e. The van der Waals surface area contributed by atoms with E-state index in [-0.39, 0.29) is 11.5 Å². The molecule has 0 aliphatic carbocycles. The molecule has 0 aliphatic heterocycles. The van der Waals surface area contributed by atoms with Crippen LogP contribution in [0.25, 0.3) is 5.69 Å². The number of aryl methyl sites for hydroxylation is 1. The van der Waals surface area contributed by atoms with E-state index in [1.165, 1.54) is 4.80 Å². The summed E-state index contributed by atoms with van der Waals surface area (Å²) >= 11 is 0. The number of nitrogens with two attached hydrogens (primary N) is 1. The Morgan fingerprint density at radius 3 is 2.62 bits per heavy atom. The zero-order valence-corrected chi connectivity index (χ0v) is 8.58. The van der Waals surface area contributed by atoms with Crippen molar-refractivity contribution in [3.05, 3.63) is 35.5 Å². The molecule has 0 saturated carbocycles. The van der Waals surface area contributed by atoms with Gasteiger partial charge in [-0.1, -0.05) is 18.2 Å². The van der Waals surface area contributed by atoms with E-state index in [4.69, 9.17) is 10.8 Å². The highest BCUT2D eigenvalue weighted by Crippen LogP contribution is 2.13. The van der Waals surface area contributed by atoms with E-state index in [0.717, 1.165) is 5.56 Å². The number of anilines is 1. The smallest absolute Gasteiger partial charge is 0.360 e. The number of hydrogen-bond acceptors (Lipinski definition) is 4. The predicted molar refractivity (Wildman–Crippen MR) is 57.5 cm³/mol. The molecule has 3 N–H and O–H groups in total. The molecule has 0 fully saturated rings. The Morgan fingerprint density at radius 2 is 2.06 bits per heavy atom. The number of nitrogens with zero attached hydrogens (tertiary/aromatic N) is 3. The van der Waals surface area contributed by atoms with Crippen molar-refractivity contribution in [2.45, 2.75) is 6.92 Å². The molecule has 1 aromatic heterocycles. The average Bonchev–Trinajstić information content (AvgIpc) is 2.61. The molecule has 0 saturated heterocycles. The van der Waals surface area contributed by atoms with Gasteiger partial charge in [0.25, 0.3) is 0 Å². The second-order valence-corrected chi connectivity index (χ2v) is 3.31. The van der Waals surface area contributed by atoms with Gasteiger partial charge in [0.1, 0.15) is 0 Å². The number of benzene rings is 1. The molecule has 0 amide bonds. The third-order valence-corrected chi connectivity index (χ3v) is 2.17.